The smallest absolute Gasteiger partial charge is 0.0235 e. The van der Waals surface area contributed by atoms with Gasteiger partial charge >= 0.3 is 0 Å². The maximum atomic E-state index is 5.65. The predicted molar refractivity (Wildman–Crippen MR) is 79.3 cm³/mol. The quantitative estimate of drug-likeness (QED) is 0.592. The van der Waals surface area contributed by atoms with Crippen LogP contribution >= 0.6 is 11.6 Å². The first-order valence-electron chi connectivity index (χ1n) is 7.25. The van der Waals surface area contributed by atoms with Gasteiger partial charge in [0.2, 0.25) is 0 Å². The van der Waals surface area contributed by atoms with Gasteiger partial charge in [-0.05, 0) is 42.9 Å². The van der Waals surface area contributed by atoms with Gasteiger partial charge in [-0.25, -0.2) is 0 Å². The number of hydrogen-bond acceptors (Lipinski definition) is 1. The molecule has 18 heavy (non-hydrogen) atoms. The number of nitrogens with one attached hydrogen (secondary N) is 1. The standard InChI is InChI=1S/C16H24ClN/c17-11-4-12-18-13-14-7-9-16(10-8-14)15-5-2-1-3-6-15/h7-10,15,18H,1-6,11-13H2. The van der Waals surface area contributed by atoms with Crippen LogP contribution in [-0.4, -0.2) is 12.4 Å². The van der Waals surface area contributed by atoms with Gasteiger partial charge in [0.25, 0.3) is 0 Å². The average Bonchev–Trinajstić information content (AvgIpc) is 2.45. The molecule has 2 heteroatoms. The van der Waals surface area contributed by atoms with Crippen molar-refractivity contribution in [1.82, 2.24) is 5.32 Å². The van der Waals surface area contributed by atoms with E-state index in [4.69, 9.17) is 11.6 Å². The van der Waals surface area contributed by atoms with Crippen molar-refractivity contribution in [2.24, 2.45) is 0 Å². The molecule has 1 N–H and O–H groups in total. The minimum absolute atomic E-state index is 0.744. The summed E-state index contributed by atoms with van der Waals surface area (Å²) < 4.78 is 0. The number of alkyl halides is 1. The molecule has 0 aromatic heterocycles. The fourth-order valence-corrected chi connectivity index (χ4v) is 2.90. The molecule has 1 aromatic rings. The summed E-state index contributed by atoms with van der Waals surface area (Å²) in [6, 6.07) is 9.21. The van der Waals surface area contributed by atoms with E-state index in [-0.39, 0.29) is 0 Å². The molecule has 1 saturated carbocycles. The van der Waals surface area contributed by atoms with Gasteiger partial charge < -0.3 is 5.32 Å². The number of rotatable bonds is 6. The highest BCUT2D eigenvalue weighted by Gasteiger charge is 2.14. The molecule has 0 heterocycles. The van der Waals surface area contributed by atoms with Crippen LogP contribution in [0, 0.1) is 0 Å². The van der Waals surface area contributed by atoms with E-state index < -0.39 is 0 Å². The van der Waals surface area contributed by atoms with Crippen LogP contribution in [-0.2, 0) is 6.54 Å². The fourth-order valence-electron chi connectivity index (χ4n) is 2.77. The topological polar surface area (TPSA) is 12.0 Å². The summed E-state index contributed by atoms with van der Waals surface area (Å²) in [4.78, 5) is 0. The Morgan fingerprint density at radius 3 is 2.44 bits per heavy atom. The summed E-state index contributed by atoms with van der Waals surface area (Å²) in [5.41, 5.74) is 2.92. The third kappa shape index (κ3) is 4.29. The highest BCUT2D eigenvalue weighted by molar-refractivity contribution is 6.17. The third-order valence-corrected chi connectivity index (χ3v) is 4.14. The Morgan fingerprint density at radius 2 is 1.78 bits per heavy atom. The largest absolute Gasteiger partial charge is 0.313 e. The van der Waals surface area contributed by atoms with E-state index in [1.807, 2.05) is 0 Å². The molecule has 1 aliphatic rings. The third-order valence-electron chi connectivity index (χ3n) is 3.87. The summed E-state index contributed by atoms with van der Waals surface area (Å²) in [5.74, 6) is 1.56. The van der Waals surface area contributed by atoms with Crippen LogP contribution in [0.25, 0.3) is 0 Å². The van der Waals surface area contributed by atoms with E-state index in [0.717, 1.165) is 31.3 Å². The second kappa shape index (κ2) is 7.81. The molecule has 1 aromatic carbocycles. The lowest BCUT2D eigenvalue weighted by Gasteiger charge is -2.22. The van der Waals surface area contributed by atoms with Crippen LogP contribution in [0.5, 0.6) is 0 Å². The first-order chi connectivity index (χ1) is 8.90. The van der Waals surface area contributed by atoms with Gasteiger partial charge in [0.15, 0.2) is 0 Å². The molecule has 0 atom stereocenters. The molecular weight excluding hydrogens is 242 g/mol. The summed E-state index contributed by atoms with van der Waals surface area (Å²) in [7, 11) is 0. The Labute approximate surface area is 116 Å². The van der Waals surface area contributed by atoms with E-state index in [0.29, 0.717) is 0 Å². The van der Waals surface area contributed by atoms with E-state index in [9.17, 15) is 0 Å². The average molecular weight is 266 g/mol. The zero-order valence-electron chi connectivity index (χ0n) is 11.1. The normalized spacial score (nSPS) is 16.9. The number of halogens is 1. The molecule has 1 nitrogen and oxygen atoms in total. The second-order valence-electron chi connectivity index (χ2n) is 5.30. The van der Waals surface area contributed by atoms with E-state index in [1.165, 1.54) is 37.7 Å². The highest BCUT2D eigenvalue weighted by Crippen LogP contribution is 2.32. The van der Waals surface area contributed by atoms with Crippen LogP contribution < -0.4 is 5.32 Å². The molecule has 0 bridgehead atoms. The van der Waals surface area contributed by atoms with Crippen LogP contribution in [0.15, 0.2) is 24.3 Å². The van der Waals surface area contributed by atoms with Crippen molar-refractivity contribution >= 4 is 11.6 Å². The molecule has 0 unspecified atom stereocenters. The van der Waals surface area contributed by atoms with Crippen LogP contribution in [0.2, 0.25) is 0 Å². The molecule has 0 radical (unpaired) electrons. The van der Waals surface area contributed by atoms with E-state index in [1.54, 1.807) is 5.56 Å². The Bertz CT molecular complexity index is 327. The van der Waals surface area contributed by atoms with Crippen molar-refractivity contribution in [1.29, 1.82) is 0 Å². The highest BCUT2D eigenvalue weighted by atomic mass is 35.5. The minimum atomic E-state index is 0.744. The lowest BCUT2D eigenvalue weighted by Crippen LogP contribution is -2.15. The zero-order valence-corrected chi connectivity index (χ0v) is 11.9. The maximum Gasteiger partial charge on any atom is 0.0235 e. The van der Waals surface area contributed by atoms with Gasteiger partial charge in [0.1, 0.15) is 0 Å². The SMILES string of the molecule is ClCCCNCc1ccc(C2CCCCC2)cc1. The van der Waals surface area contributed by atoms with Crippen LogP contribution in [0.3, 0.4) is 0 Å². The maximum absolute atomic E-state index is 5.65. The van der Waals surface area contributed by atoms with Gasteiger partial charge in [-0.3, -0.25) is 0 Å². The van der Waals surface area contributed by atoms with Crippen LogP contribution in [0.1, 0.15) is 55.6 Å². The van der Waals surface area contributed by atoms with Gasteiger partial charge in [-0.2, -0.15) is 0 Å². The first kappa shape index (κ1) is 13.9. The molecule has 0 amide bonds. The van der Waals surface area contributed by atoms with E-state index in [2.05, 4.69) is 29.6 Å². The predicted octanol–water partition coefficient (Wildman–Crippen LogP) is 4.45. The first-order valence-corrected chi connectivity index (χ1v) is 7.79. The van der Waals surface area contributed by atoms with Crippen molar-refractivity contribution in [3.05, 3.63) is 35.4 Å². The van der Waals surface area contributed by atoms with Gasteiger partial charge in [-0.1, -0.05) is 43.5 Å². The lowest BCUT2D eigenvalue weighted by atomic mass is 9.84. The Balaban J connectivity index is 1.81. The number of benzene rings is 1. The molecule has 0 spiro atoms. The molecule has 100 valence electrons. The van der Waals surface area contributed by atoms with Gasteiger partial charge in [-0.15, -0.1) is 11.6 Å². The molecular formula is C16H24ClN. The lowest BCUT2D eigenvalue weighted by molar-refractivity contribution is 0.443. The Morgan fingerprint density at radius 1 is 1.06 bits per heavy atom. The monoisotopic (exact) mass is 265 g/mol. The van der Waals surface area contributed by atoms with Crippen molar-refractivity contribution in [3.63, 3.8) is 0 Å². The summed E-state index contributed by atoms with van der Waals surface area (Å²) >= 11 is 5.65. The zero-order chi connectivity index (χ0) is 12.6. The number of hydrogen-bond donors (Lipinski definition) is 1. The van der Waals surface area contributed by atoms with Gasteiger partial charge in [0, 0.05) is 12.4 Å². The van der Waals surface area contributed by atoms with Crippen molar-refractivity contribution in [3.8, 4) is 0 Å². The van der Waals surface area contributed by atoms with E-state index >= 15 is 0 Å². The summed E-state index contributed by atoms with van der Waals surface area (Å²) in [5, 5.41) is 3.42. The van der Waals surface area contributed by atoms with Crippen molar-refractivity contribution < 1.29 is 0 Å². The second-order valence-corrected chi connectivity index (χ2v) is 5.67. The van der Waals surface area contributed by atoms with Crippen molar-refractivity contribution in [2.45, 2.75) is 51.0 Å². The van der Waals surface area contributed by atoms with Crippen molar-refractivity contribution in [2.75, 3.05) is 12.4 Å². The van der Waals surface area contributed by atoms with Gasteiger partial charge in [0.05, 0.1) is 0 Å². The molecule has 1 fully saturated rings. The molecule has 1 aliphatic carbocycles. The minimum Gasteiger partial charge on any atom is -0.313 e. The molecule has 2 rings (SSSR count). The summed E-state index contributed by atoms with van der Waals surface area (Å²) in [6.07, 6.45) is 8.06. The Hall–Kier alpha value is -0.530. The van der Waals surface area contributed by atoms with Crippen LogP contribution in [0.4, 0.5) is 0 Å². The Kier molecular flexibility index (Phi) is 6.02. The molecule has 0 saturated heterocycles. The fraction of sp³-hybridized carbons (Fsp3) is 0.625. The summed E-state index contributed by atoms with van der Waals surface area (Å²) in [6.45, 7) is 1.97. The molecule has 0 aliphatic heterocycles.